The standard InChI is InChI=1S/C25H41N5O6S2/c1-37-13-10-19(28-22(32)18(27)15-16-6-8-17(31)9-7-16)23(33)29-20(11-14-38-2)24(34)30-21(25(35)36)5-3-4-12-26/h6-9,18-21,31H,3-5,10-15,26-27H2,1-2H3,(H,28,32)(H,29,33)(H,30,34)(H,35,36). The minimum Gasteiger partial charge on any atom is -0.508 e. The Morgan fingerprint density at radius 2 is 1.32 bits per heavy atom. The van der Waals surface area contributed by atoms with Crippen LogP contribution in [-0.4, -0.2) is 88.6 Å². The van der Waals surface area contributed by atoms with Gasteiger partial charge in [0.05, 0.1) is 6.04 Å². The number of phenolic OH excluding ortho intramolecular Hbond substituents is 1. The summed E-state index contributed by atoms with van der Waals surface area (Å²) >= 11 is 2.99. The average Bonchev–Trinajstić information content (AvgIpc) is 2.89. The Morgan fingerprint density at radius 3 is 1.79 bits per heavy atom. The molecule has 0 saturated carbocycles. The van der Waals surface area contributed by atoms with Gasteiger partial charge >= 0.3 is 5.97 Å². The summed E-state index contributed by atoms with van der Waals surface area (Å²) in [7, 11) is 0. The van der Waals surface area contributed by atoms with Crippen LogP contribution in [0.5, 0.6) is 5.75 Å². The Balaban J connectivity index is 2.90. The zero-order valence-corrected chi connectivity index (χ0v) is 23.6. The van der Waals surface area contributed by atoms with Crippen LogP contribution in [0.2, 0.25) is 0 Å². The molecule has 1 rings (SSSR count). The molecular formula is C25H41N5O6S2. The Kier molecular flexibility index (Phi) is 16.5. The molecule has 0 aliphatic rings. The summed E-state index contributed by atoms with van der Waals surface area (Å²) in [6.45, 7) is 0.425. The molecule has 0 bridgehead atoms. The molecule has 0 radical (unpaired) electrons. The number of phenols is 1. The number of carboxylic acid groups (broad SMARTS) is 1. The van der Waals surface area contributed by atoms with Gasteiger partial charge in [-0.25, -0.2) is 4.79 Å². The van der Waals surface area contributed by atoms with Gasteiger partial charge in [0, 0.05) is 0 Å². The summed E-state index contributed by atoms with van der Waals surface area (Å²) < 4.78 is 0. The molecule has 214 valence electrons. The van der Waals surface area contributed by atoms with Gasteiger partial charge < -0.3 is 37.6 Å². The van der Waals surface area contributed by atoms with E-state index in [-0.39, 0.29) is 25.0 Å². The normalized spacial score (nSPS) is 14.1. The Morgan fingerprint density at radius 1 is 0.816 bits per heavy atom. The molecule has 0 heterocycles. The number of nitrogens with one attached hydrogen (secondary N) is 3. The van der Waals surface area contributed by atoms with Gasteiger partial charge in [0.2, 0.25) is 17.7 Å². The van der Waals surface area contributed by atoms with Gasteiger partial charge in [0.1, 0.15) is 23.9 Å². The molecular weight excluding hydrogens is 530 g/mol. The predicted molar refractivity (Wildman–Crippen MR) is 152 cm³/mol. The first-order valence-electron chi connectivity index (χ1n) is 12.5. The number of thioether (sulfide) groups is 2. The molecule has 11 nitrogen and oxygen atoms in total. The molecule has 0 aromatic heterocycles. The molecule has 1 aromatic carbocycles. The van der Waals surface area contributed by atoms with Crippen LogP contribution in [0.3, 0.4) is 0 Å². The predicted octanol–water partition coefficient (Wildman–Crippen LogP) is 0.436. The Hall–Kier alpha value is -2.48. The molecule has 3 amide bonds. The second kappa shape index (κ2) is 18.7. The molecule has 0 aliphatic carbocycles. The molecule has 4 atom stereocenters. The fourth-order valence-electron chi connectivity index (χ4n) is 3.56. The fraction of sp³-hybridized carbons (Fsp3) is 0.600. The third kappa shape index (κ3) is 12.9. The summed E-state index contributed by atoms with van der Waals surface area (Å²) in [5.74, 6) is -1.57. The van der Waals surface area contributed by atoms with Crippen molar-refractivity contribution < 1.29 is 29.4 Å². The number of carbonyl (C=O) groups excluding carboxylic acids is 3. The lowest BCUT2D eigenvalue weighted by atomic mass is 10.0. The van der Waals surface area contributed by atoms with Crippen molar-refractivity contribution in [2.45, 2.75) is 62.7 Å². The smallest absolute Gasteiger partial charge is 0.326 e. The van der Waals surface area contributed by atoms with E-state index in [1.165, 1.54) is 35.7 Å². The molecule has 4 unspecified atom stereocenters. The van der Waals surface area contributed by atoms with Crippen molar-refractivity contribution in [3.63, 3.8) is 0 Å². The van der Waals surface area contributed by atoms with E-state index < -0.39 is 47.9 Å². The van der Waals surface area contributed by atoms with E-state index in [0.29, 0.717) is 37.3 Å². The number of rotatable bonds is 19. The maximum Gasteiger partial charge on any atom is 0.326 e. The number of hydrogen-bond acceptors (Lipinski definition) is 9. The van der Waals surface area contributed by atoms with Gasteiger partial charge in [-0.2, -0.15) is 23.5 Å². The third-order valence-corrected chi connectivity index (χ3v) is 7.07. The largest absolute Gasteiger partial charge is 0.508 e. The first-order chi connectivity index (χ1) is 18.1. The van der Waals surface area contributed by atoms with E-state index in [1.807, 2.05) is 12.5 Å². The summed E-state index contributed by atoms with van der Waals surface area (Å²) in [4.78, 5) is 50.6. The van der Waals surface area contributed by atoms with E-state index >= 15 is 0 Å². The number of unbranched alkanes of at least 4 members (excludes halogenated alkanes) is 1. The first-order valence-corrected chi connectivity index (χ1v) is 15.3. The number of carbonyl (C=O) groups is 4. The molecule has 13 heteroatoms. The molecule has 1 aromatic rings. The maximum absolute atomic E-state index is 13.2. The van der Waals surface area contributed by atoms with Gasteiger partial charge in [0.25, 0.3) is 0 Å². The third-order valence-electron chi connectivity index (χ3n) is 5.78. The van der Waals surface area contributed by atoms with Crippen molar-refractivity contribution in [2.24, 2.45) is 11.5 Å². The highest BCUT2D eigenvalue weighted by atomic mass is 32.2. The number of nitrogens with two attached hydrogens (primary N) is 2. The van der Waals surface area contributed by atoms with Crippen LogP contribution in [0.1, 0.15) is 37.7 Å². The van der Waals surface area contributed by atoms with Crippen molar-refractivity contribution in [2.75, 3.05) is 30.6 Å². The minimum atomic E-state index is -1.15. The zero-order chi connectivity index (χ0) is 28.5. The molecule has 9 N–H and O–H groups in total. The Bertz CT molecular complexity index is 889. The number of hydrogen-bond donors (Lipinski definition) is 7. The van der Waals surface area contributed by atoms with E-state index in [0.717, 1.165) is 5.56 Å². The van der Waals surface area contributed by atoms with Crippen LogP contribution >= 0.6 is 23.5 Å². The van der Waals surface area contributed by atoms with Crippen molar-refractivity contribution in [1.29, 1.82) is 0 Å². The second-order valence-electron chi connectivity index (χ2n) is 8.85. The summed E-state index contributed by atoms with van der Waals surface area (Å²) in [6.07, 6.45) is 5.96. The van der Waals surface area contributed by atoms with Crippen molar-refractivity contribution >= 4 is 47.2 Å². The maximum atomic E-state index is 13.2. The second-order valence-corrected chi connectivity index (χ2v) is 10.8. The van der Waals surface area contributed by atoms with Crippen molar-refractivity contribution in [3.05, 3.63) is 29.8 Å². The lowest BCUT2D eigenvalue weighted by molar-refractivity contribution is -0.142. The van der Waals surface area contributed by atoms with Crippen LogP contribution in [-0.2, 0) is 25.6 Å². The minimum absolute atomic E-state index is 0.103. The summed E-state index contributed by atoms with van der Waals surface area (Å²) in [5, 5.41) is 26.9. The highest BCUT2D eigenvalue weighted by Gasteiger charge is 2.30. The topological polar surface area (TPSA) is 197 Å². The molecule has 0 aliphatic heterocycles. The van der Waals surface area contributed by atoms with Gasteiger partial charge in [-0.05, 0) is 86.8 Å². The first kappa shape index (κ1) is 33.5. The number of aliphatic carboxylic acids is 1. The Labute approximate surface area is 232 Å². The number of amides is 3. The lowest BCUT2D eigenvalue weighted by Gasteiger charge is -2.25. The summed E-state index contributed by atoms with van der Waals surface area (Å²) in [6, 6.07) is 2.42. The fourth-order valence-corrected chi connectivity index (χ4v) is 4.50. The average molecular weight is 572 g/mol. The molecule has 0 fully saturated rings. The van der Waals surface area contributed by atoms with Gasteiger partial charge in [-0.1, -0.05) is 12.1 Å². The molecule has 0 saturated heterocycles. The van der Waals surface area contributed by atoms with Crippen LogP contribution < -0.4 is 27.4 Å². The number of carboxylic acids is 1. The monoisotopic (exact) mass is 571 g/mol. The van der Waals surface area contributed by atoms with E-state index in [1.54, 1.807) is 12.1 Å². The summed E-state index contributed by atoms with van der Waals surface area (Å²) in [5.41, 5.74) is 12.3. The highest BCUT2D eigenvalue weighted by Crippen LogP contribution is 2.12. The van der Waals surface area contributed by atoms with Crippen LogP contribution in [0.25, 0.3) is 0 Å². The number of benzene rings is 1. The van der Waals surface area contributed by atoms with Crippen molar-refractivity contribution in [1.82, 2.24) is 16.0 Å². The van der Waals surface area contributed by atoms with Gasteiger partial charge in [-0.3, -0.25) is 14.4 Å². The van der Waals surface area contributed by atoms with Crippen LogP contribution in [0.4, 0.5) is 0 Å². The lowest BCUT2D eigenvalue weighted by Crippen LogP contribution is -2.57. The molecule has 0 spiro atoms. The van der Waals surface area contributed by atoms with Gasteiger partial charge in [0.15, 0.2) is 0 Å². The van der Waals surface area contributed by atoms with E-state index in [2.05, 4.69) is 16.0 Å². The quantitative estimate of drug-likeness (QED) is 0.114. The molecule has 38 heavy (non-hydrogen) atoms. The van der Waals surface area contributed by atoms with E-state index in [9.17, 15) is 29.4 Å². The van der Waals surface area contributed by atoms with E-state index in [4.69, 9.17) is 11.5 Å². The van der Waals surface area contributed by atoms with Crippen molar-refractivity contribution in [3.8, 4) is 5.75 Å². The van der Waals surface area contributed by atoms with Crippen LogP contribution in [0.15, 0.2) is 24.3 Å². The SMILES string of the molecule is CSCCC(NC(=O)C(N)Cc1ccc(O)cc1)C(=O)NC(CCSC)C(=O)NC(CCCCN)C(=O)O. The van der Waals surface area contributed by atoms with Gasteiger partial charge in [-0.15, -0.1) is 0 Å². The number of aromatic hydroxyl groups is 1. The van der Waals surface area contributed by atoms with Crippen LogP contribution in [0, 0.1) is 0 Å². The highest BCUT2D eigenvalue weighted by molar-refractivity contribution is 7.98. The zero-order valence-electron chi connectivity index (χ0n) is 22.0.